The van der Waals surface area contributed by atoms with Crippen molar-refractivity contribution >= 4 is 33.4 Å². The van der Waals surface area contributed by atoms with E-state index in [4.69, 9.17) is 4.74 Å². The number of hydrogen-bond donors (Lipinski definition) is 2. The lowest BCUT2D eigenvalue weighted by Crippen LogP contribution is -2.36. The molecule has 2 amide bonds. The zero-order chi connectivity index (χ0) is 19.8. The van der Waals surface area contributed by atoms with Crippen LogP contribution >= 0.6 is 15.9 Å². The van der Waals surface area contributed by atoms with E-state index in [-0.39, 0.29) is 25.0 Å². The molecule has 0 spiro atoms. The summed E-state index contributed by atoms with van der Waals surface area (Å²) in [6, 6.07) is 13.3. The van der Waals surface area contributed by atoms with Crippen molar-refractivity contribution < 1.29 is 14.3 Å². The Bertz CT molecular complexity index is 808. The molecule has 2 aromatic carbocycles. The van der Waals surface area contributed by atoms with E-state index in [9.17, 15) is 9.59 Å². The predicted molar refractivity (Wildman–Crippen MR) is 111 cm³/mol. The van der Waals surface area contributed by atoms with Crippen molar-refractivity contribution in [1.82, 2.24) is 5.32 Å². The smallest absolute Gasteiger partial charge is 0.258 e. The molecule has 1 atom stereocenters. The summed E-state index contributed by atoms with van der Waals surface area (Å²) in [5.74, 6) is 0.437. The summed E-state index contributed by atoms with van der Waals surface area (Å²) in [5, 5.41) is 5.36. The van der Waals surface area contributed by atoms with Gasteiger partial charge in [0.25, 0.3) is 5.91 Å². The second-order valence-corrected chi connectivity index (χ2v) is 7.34. The molecule has 6 heteroatoms. The van der Waals surface area contributed by atoms with Crippen LogP contribution in [-0.4, -0.2) is 25.0 Å². The van der Waals surface area contributed by atoms with E-state index < -0.39 is 0 Å². The molecular weight excluding hydrogens is 408 g/mol. The normalized spacial score (nSPS) is 11.6. The van der Waals surface area contributed by atoms with Crippen LogP contribution in [0.25, 0.3) is 0 Å². The van der Waals surface area contributed by atoms with Crippen molar-refractivity contribution in [2.45, 2.75) is 33.1 Å². The second-order valence-electron chi connectivity index (χ2n) is 6.42. The molecule has 5 nitrogen and oxygen atoms in total. The fourth-order valence-corrected chi connectivity index (χ4v) is 3.05. The van der Waals surface area contributed by atoms with Gasteiger partial charge in [-0.2, -0.15) is 0 Å². The second kappa shape index (κ2) is 10.1. The Hall–Kier alpha value is -2.34. The van der Waals surface area contributed by atoms with Crippen LogP contribution in [-0.2, 0) is 9.59 Å². The molecule has 0 saturated heterocycles. The Morgan fingerprint density at radius 2 is 1.89 bits per heavy atom. The van der Waals surface area contributed by atoms with Gasteiger partial charge in [-0.15, -0.1) is 0 Å². The van der Waals surface area contributed by atoms with Crippen LogP contribution in [0, 0.1) is 6.92 Å². The quantitative estimate of drug-likeness (QED) is 0.649. The van der Waals surface area contributed by atoms with E-state index >= 15 is 0 Å². The Morgan fingerprint density at radius 3 is 2.59 bits per heavy atom. The van der Waals surface area contributed by atoms with Crippen molar-refractivity contribution in [3.8, 4) is 5.75 Å². The molecule has 144 valence electrons. The maximum atomic E-state index is 12.0. The van der Waals surface area contributed by atoms with Gasteiger partial charge in [0.15, 0.2) is 6.61 Å². The summed E-state index contributed by atoms with van der Waals surface area (Å²) >= 11 is 3.38. The highest BCUT2D eigenvalue weighted by Crippen LogP contribution is 2.28. The minimum atomic E-state index is -0.336. The molecular formula is C21H25BrN2O3. The standard InChI is InChI=1S/C21H25BrN2O3/c1-4-14(2)17-7-5-6-8-19(17)27-13-21(26)23-12-20(25)24-18-10-9-16(22)11-15(18)3/h5-11,14H,4,12-13H2,1-3H3,(H,23,26)(H,24,25)/t14-/m0/s1. The van der Waals surface area contributed by atoms with E-state index in [1.807, 2.05) is 49.4 Å². The first-order chi connectivity index (χ1) is 12.9. The molecule has 0 aliphatic carbocycles. The van der Waals surface area contributed by atoms with E-state index in [1.165, 1.54) is 0 Å². The minimum absolute atomic E-state index is 0.106. The largest absolute Gasteiger partial charge is 0.483 e. The topological polar surface area (TPSA) is 67.4 Å². The number of para-hydroxylation sites is 1. The molecule has 0 unspecified atom stereocenters. The monoisotopic (exact) mass is 432 g/mol. The number of hydrogen-bond acceptors (Lipinski definition) is 3. The number of anilines is 1. The van der Waals surface area contributed by atoms with Gasteiger partial charge >= 0.3 is 0 Å². The van der Waals surface area contributed by atoms with Crippen LogP contribution in [0.1, 0.15) is 37.3 Å². The first-order valence-corrected chi connectivity index (χ1v) is 9.74. The van der Waals surface area contributed by atoms with Gasteiger partial charge in [-0.1, -0.05) is 48.0 Å². The molecule has 0 aliphatic heterocycles. The maximum absolute atomic E-state index is 12.0. The average Bonchev–Trinajstić information content (AvgIpc) is 2.66. The zero-order valence-electron chi connectivity index (χ0n) is 15.8. The van der Waals surface area contributed by atoms with Gasteiger partial charge in [-0.25, -0.2) is 0 Å². The summed E-state index contributed by atoms with van der Waals surface area (Å²) in [5.41, 5.74) is 2.74. The van der Waals surface area contributed by atoms with Gasteiger partial charge in [0.1, 0.15) is 5.75 Å². The third-order valence-electron chi connectivity index (χ3n) is 4.33. The molecule has 27 heavy (non-hydrogen) atoms. The van der Waals surface area contributed by atoms with Gasteiger partial charge in [0.2, 0.25) is 5.91 Å². The molecule has 2 rings (SSSR count). The fraction of sp³-hybridized carbons (Fsp3) is 0.333. The number of benzene rings is 2. The van der Waals surface area contributed by atoms with Crippen LogP contribution in [0.4, 0.5) is 5.69 Å². The molecule has 0 fully saturated rings. The summed E-state index contributed by atoms with van der Waals surface area (Å²) in [6.07, 6.45) is 0.988. The Balaban J connectivity index is 1.82. The molecule has 0 bridgehead atoms. The fourth-order valence-electron chi connectivity index (χ4n) is 2.57. The number of carbonyl (C=O) groups is 2. The Kier molecular flexibility index (Phi) is 7.85. The van der Waals surface area contributed by atoms with Crippen LogP contribution in [0.2, 0.25) is 0 Å². The summed E-state index contributed by atoms with van der Waals surface area (Å²) in [7, 11) is 0. The number of amides is 2. The van der Waals surface area contributed by atoms with Crippen molar-refractivity contribution in [2.75, 3.05) is 18.5 Å². The predicted octanol–water partition coefficient (Wildman–Crippen LogP) is 4.40. The van der Waals surface area contributed by atoms with Crippen LogP contribution in [0.15, 0.2) is 46.9 Å². The number of carbonyl (C=O) groups excluding carboxylic acids is 2. The molecule has 0 aliphatic rings. The van der Waals surface area contributed by atoms with Crippen molar-refractivity contribution in [3.63, 3.8) is 0 Å². The van der Waals surface area contributed by atoms with Gasteiger partial charge in [-0.3, -0.25) is 9.59 Å². The van der Waals surface area contributed by atoms with Gasteiger partial charge in [0.05, 0.1) is 6.54 Å². The molecule has 2 aromatic rings. The minimum Gasteiger partial charge on any atom is -0.483 e. The third-order valence-corrected chi connectivity index (χ3v) is 4.82. The van der Waals surface area contributed by atoms with Crippen molar-refractivity contribution in [2.24, 2.45) is 0 Å². The van der Waals surface area contributed by atoms with Gasteiger partial charge < -0.3 is 15.4 Å². The van der Waals surface area contributed by atoms with Crippen molar-refractivity contribution in [1.29, 1.82) is 0 Å². The van der Waals surface area contributed by atoms with E-state index in [0.29, 0.717) is 11.7 Å². The lowest BCUT2D eigenvalue weighted by Gasteiger charge is -2.15. The van der Waals surface area contributed by atoms with Gasteiger partial charge in [0, 0.05) is 10.2 Å². The van der Waals surface area contributed by atoms with Crippen molar-refractivity contribution in [3.05, 3.63) is 58.1 Å². The highest BCUT2D eigenvalue weighted by atomic mass is 79.9. The third kappa shape index (κ3) is 6.40. The lowest BCUT2D eigenvalue weighted by atomic mass is 9.98. The SMILES string of the molecule is CC[C@H](C)c1ccccc1OCC(=O)NCC(=O)Nc1ccc(Br)cc1C. The van der Waals surface area contributed by atoms with Crippen LogP contribution < -0.4 is 15.4 Å². The average molecular weight is 433 g/mol. The van der Waals surface area contributed by atoms with Crippen LogP contribution in [0.3, 0.4) is 0 Å². The number of rotatable bonds is 8. The number of nitrogens with one attached hydrogen (secondary N) is 2. The van der Waals surface area contributed by atoms with E-state index in [2.05, 4.69) is 40.4 Å². The molecule has 0 saturated carbocycles. The lowest BCUT2D eigenvalue weighted by molar-refractivity contribution is -0.125. The Labute approximate surface area is 168 Å². The number of halogens is 1. The highest BCUT2D eigenvalue weighted by Gasteiger charge is 2.12. The first-order valence-electron chi connectivity index (χ1n) is 8.95. The number of aryl methyl sites for hydroxylation is 1. The molecule has 0 heterocycles. The first kappa shape index (κ1) is 21.0. The summed E-state index contributed by atoms with van der Waals surface area (Å²) in [6.45, 7) is 5.90. The molecule has 2 N–H and O–H groups in total. The zero-order valence-corrected chi connectivity index (χ0v) is 17.4. The molecule has 0 aromatic heterocycles. The maximum Gasteiger partial charge on any atom is 0.258 e. The van der Waals surface area contributed by atoms with Crippen LogP contribution in [0.5, 0.6) is 5.75 Å². The summed E-state index contributed by atoms with van der Waals surface area (Å²) < 4.78 is 6.60. The molecule has 0 radical (unpaired) electrons. The number of ether oxygens (including phenoxy) is 1. The summed E-state index contributed by atoms with van der Waals surface area (Å²) in [4.78, 5) is 24.0. The van der Waals surface area contributed by atoms with E-state index in [1.54, 1.807) is 0 Å². The highest BCUT2D eigenvalue weighted by molar-refractivity contribution is 9.10. The Morgan fingerprint density at radius 1 is 1.15 bits per heavy atom. The van der Waals surface area contributed by atoms with Gasteiger partial charge in [-0.05, 0) is 54.7 Å². The van der Waals surface area contributed by atoms with E-state index in [0.717, 1.165) is 27.7 Å².